The Bertz CT molecular complexity index is 1410. The van der Waals surface area contributed by atoms with Gasteiger partial charge in [0, 0.05) is 40.9 Å². The summed E-state index contributed by atoms with van der Waals surface area (Å²) in [6.07, 6.45) is 10.2. The molecule has 0 amide bonds. The van der Waals surface area contributed by atoms with Crippen molar-refractivity contribution >= 4 is 58.1 Å². The summed E-state index contributed by atoms with van der Waals surface area (Å²) in [5.74, 6) is 0. The number of thioether (sulfide) groups is 1. The standard InChI is InChI=1S/C24H19N5S/c1-29-8-9-30-24(29)22-13-21-12-19-5-4-17(26-19)10-15-2-3-16(25-15)11-18-6-7-20(27-18)14-23(22)28-21/h2-14,24,26,28H,1H3. The van der Waals surface area contributed by atoms with E-state index < -0.39 is 0 Å². The third-order valence-corrected chi connectivity index (χ3v) is 6.46. The van der Waals surface area contributed by atoms with Gasteiger partial charge in [0.1, 0.15) is 5.37 Å². The zero-order valence-corrected chi connectivity index (χ0v) is 17.1. The molecular formula is C24H19N5S. The van der Waals surface area contributed by atoms with Crippen molar-refractivity contribution in [2.45, 2.75) is 5.37 Å². The lowest BCUT2D eigenvalue weighted by Crippen LogP contribution is -2.11. The lowest BCUT2D eigenvalue weighted by molar-refractivity contribution is 0.451. The van der Waals surface area contributed by atoms with Crippen molar-refractivity contribution in [2.24, 2.45) is 0 Å². The Balaban J connectivity index is 1.64. The molecule has 0 saturated carbocycles. The predicted octanol–water partition coefficient (Wildman–Crippen LogP) is 5.80. The molecule has 8 bridgehead atoms. The number of rotatable bonds is 1. The largest absolute Gasteiger partial charge is 0.364 e. The van der Waals surface area contributed by atoms with Crippen LogP contribution in [-0.4, -0.2) is 31.9 Å². The van der Waals surface area contributed by atoms with Gasteiger partial charge < -0.3 is 14.9 Å². The third-order valence-electron chi connectivity index (χ3n) is 5.34. The summed E-state index contributed by atoms with van der Waals surface area (Å²) in [5, 5.41) is 2.39. The number of nitrogens with zero attached hydrogens (tertiary/aromatic N) is 3. The van der Waals surface area contributed by atoms with Crippen LogP contribution in [0, 0.1) is 0 Å². The molecule has 2 N–H and O–H groups in total. The maximum absolute atomic E-state index is 4.77. The minimum absolute atomic E-state index is 0.247. The Morgan fingerprint density at radius 2 is 1.43 bits per heavy atom. The van der Waals surface area contributed by atoms with Crippen molar-refractivity contribution in [3.63, 3.8) is 0 Å². The number of nitrogens with one attached hydrogen (secondary N) is 2. The molecule has 0 fully saturated rings. The molecule has 146 valence electrons. The van der Waals surface area contributed by atoms with Crippen molar-refractivity contribution in [2.75, 3.05) is 7.05 Å². The summed E-state index contributed by atoms with van der Waals surface area (Å²) < 4.78 is 0. The first-order valence-electron chi connectivity index (χ1n) is 9.82. The van der Waals surface area contributed by atoms with Gasteiger partial charge in [-0.15, -0.1) is 11.8 Å². The van der Waals surface area contributed by atoms with Crippen LogP contribution in [0.3, 0.4) is 0 Å². The van der Waals surface area contributed by atoms with E-state index in [0.717, 1.165) is 44.8 Å². The van der Waals surface area contributed by atoms with Gasteiger partial charge in [-0.25, -0.2) is 9.97 Å². The quantitative estimate of drug-likeness (QED) is 0.367. The topological polar surface area (TPSA) is 60.6 Å². The van der Waals surface area contributed by atoms with Crippen molar-refractivity contribution in [3.8, 4) is 0 Å². The van der Waals surface area contributed by atoms with Crippen LogP contribution in [0.2, 0.25) is 0 Å². The minimum atomic E-state index is 0.247. The zero-order chi connectivity index (χ0) is 20.1. The lowest BCUT2D eigenvalue weighted by atomic mass is 10.2. The van der Waals surface area contributed by atoms with Crippen molar-refractivity contribution in [1.29, 1.82) is 0 Å². The van der Waals surface area contributed by atoms with Gasteiger partial charge in [0.25, 0.3) is 0 Å². The fraction of sp³-hybridized carbons (Fsp3) is 0.0833. The number of aromatic amines is 2. The van der Waals surface area contributed by atoms with Crippen LogP contribution in [-0.2, 0) is 0 Å². The molecule has 6 heterocycles. The van der Waals surface area contributed by atoms with Crippen LogP contribution < -0.4 is 0 Å². The molecule has 3 aliphatic heterocycles. The Hall–Kier alpha value is -3.51. The summed E-state index contributed by atoms with van der Waals surface area (Å²) >= 11 is 1.81. The first-order valence-corrected chi connectivity index (χ1v) is 10.8. The van der Waals surface area contributed by atoms with E-state index in [-0.39, 0.29) is 5.37 Å². The highest BCUT2D eigenvalue weighted by atomic mass is 32.2. The second-order valence-corrected chi connectivity index (χ2v) is 8.56. The first-order chi connectivity index (χ1) is 14.7. The van der Waals surface area contributed by atoms with Gasteiger partial charge in [-0.3, -0.25) is 0 Å². The van der Waals surface area contributed by atoms with Gasteiger partial charge in [-0.2, -0.15) is 0 Å². The average Bonchev–Trinajstić information content (AvgIpc) is 3.51. The fourth-order valence-corrected chi connectivity index (χ4v) is 4.93. The molecule has 0 spiro atoms. The SMILES string of the molecule is CN1C=CSC1c1cc2cc3ccc(cc4nc(cc5nc(cc1[nH]2)C=C5)C=C4)[nH]3. The molecule has 3 aromatic rings. The van der Waals surface area contributed by atoms with Gasteiger partial charge in [0.2, 0.25) is 0 Å². The molecule has 30 heavy (non-hydrogen) atoms. The zero-order valence-electron chi connectivity index (χ0n) is 16.3. The summed E-state index contributed by atoms with van der Waals surface area (Å²) in [6, 6.07) is 14.7. The maximum atomic E-state index is 4.77. The van der Waals surface area contributed by atoms with Crippen LogP contribution >= 0.6 is 11.8 Å². The highest BCUT2D eigenvalue weighted by molar-refractivity contribution is 8.02. The maximum Gasteiger partial charge on any atom is 0.106 e. The molecule has 0 aliphatic carbocycles. The molecular weight excluding hydrogens is 390 g/mol. The monoisotopic (exact) mass is 409 g/mol. The Morgan fingerprint density at radius 1 is 0.767 bits per heavy atom. The second kappa shape index (κ2) is 6.78. The Kier molecular flexibility index (Phi) is 3.92. The Morgan fingerprint density at radius 3 is 2.13 bits per heavy atom. The summed E-state index contributed by atoms with van der Waals surface area (Å²) in [5.41, 5.74) is 9.15. The molecule has 1 atom stereocenters. The summed E-state index contributed by atoms with van der Waals surface area (Å²) in [6.45, 7) is 0. The number of aromatic nitrogens is 4. The summed E-state index contributed by atoms with van der Waals surface area (Å²) in [7, 11) is 2.11. The van der Waals surface area contributed by atoms with Crippen LogP contribution in [0.5, 0.6) is 0 Å². The van der Waals surface area contributed by atoms with Crippen molar-refractivity contribution < 1.29 is 0 Å². The number of hydrogen-bond acceptors (Lipinski definition) is 4. The van der Waals surface area contributed by atoms with Gasteiger partial charge >= 0.3 is 0 Å². The van der Waals surface area contributed by atoms with E-state index in [4.69, 9.17) is 4.98 Å². The van der Waals surface area contributed by atoms with Gasteiger partial charge in [-0.05, 0) is 72.2 Å². The molecule has 1 unspecified atom stereocenters. The molecule has 0 aromatic carbocycles. The predicted molar refractivity (Wildman–Crippen MR) is 126 cm³/mol. The van der Waals surface area contributed by atoms with E-state index >= 15 is 0 Å². The molecule has 3 aromatic heterocycles. The van der Waals surface area contributed by atoms with E-state index in [1.165, 1.54) is 5.56 Å². The van der Waals surface area contributed by atoms with E-state index in [2.05, 4.69) is 81.0 Å². The second-order valence-electron chi connectivity index (χ2n) is 7.57. The van der Waals surface area contributed by atoms with Gasteiger partial charge in [0.05, 0.1) is 22.8 Å². The first kappa shape index (κ1) is 17.4. The number of H-pyrrole nitrogens is 2. The highest BCUT2D eigenvalue weighted by Gasteiger charge is 2.21. The smallest absolute Gasteiger partial charge is 0.106 e. The summed E-state index contributed by atoms with van der Waals surface area (Å²) in [4.78, 5) is 18.7. The third kappa shape index (κ3) is 3.15. The van der Waals surface area contributed by atoms with Crippen molar-refractivity contribution in [1.82, 2.24) is 24.8 Å². The van der Waals surface area contributed by atoms with Gasteiger partial charge in [-0.1, -0.05) is 0 Å². The minimum Gasteiger partial charge on any atom is -0.364 e. The normalized spacial score (nSPS) is 17.2. The fourth-order valence-electron chi connectivity index (χ4n) is 3.92. The highest BCUT2D eigenvalue weighted by Crippen LogP contribution is 2.40. The average molecular weight is 410 g/mol. The number of fused-ring (bicyclic) bond motifs is 8. The van der Waals surface area contributed by atoms with Crippen LogP contribution in [0.1, 0.15) is 33.7 Å². The Labute approximate surface area is 177 Å². The molecule has 5 nitrogen and oxygen atoms in total. The van der Waals surface area contributed by atoms with E-state index in [9.17, 15) is 0 Å². The van der Waals surface area contributed by atoms with E-state index in [1.54, 1.807) is 0 Å². The van der Waals surface area contributed by atoms with Crippen molar-refractivity contribution in [3.05, 3.63) is 82.4 Å². The molecule has 3 aliphatic rings. The van der Waals surface area contributed by atoms with Crippen LogP contribution in [0.15, 0.2) is 54.1 Å². The molecule has 0 radical (unpaired) electrons. The molecule has 0 saturated heterocycles. The molecule has 6 heteroatoms. The van der Waals surface area contributed by atoms with E-state index in [0.29, 0.717) is 0 Å². The van der Waals surface area contributed by atoms with Gasteiger partial charge in [0.15, 0.2) is 0 Å². The van der Waals surface area contributed by atoms with Crippen LogP contribution in [0.4, 0.5) is 0 Å². The number of hydrogen-bond donors (Lipinski definition) is 2. The molecule has 6 rings (SSSR count). The van der Waals surface area contributed by atoms with Crippen LogP contribution in [0.25, 0.3) is 46.4 Å². The lowest BCUT2D eigenvalue weighted by Gasteiger charge is -2.19. The van der Waals surface area contributed by atoms with E-state index in [1.807, 2.05) is 36.1 Å².